The van der Waals surface area contributed by atoms with Crippen LogP contribution in [-0.2, 0) is 6.42 Å². The van der Waals surface area contributed by atoms with E-state index in [1.165, 1.54) is 5.54 Å². The van der Waals surface area contributed by atoms with Gasteiger partial charge in [0, 0.05) is 5.70 Å². The first kappa shape index (κ1) is 14.4. The van der Waals surface area contributed by atoms with Gasteiger partial charge in [-0.1, -0.05) is 43.5 Å². The van der Waals surface area contributed by atoms with Gasteiger partial charge in [-0.05, 0) is 17.6 Å². The van der Waals surface area contributed by atoms with Gasteiger partial charge in [-0.2, -0.15) is 5.54 Å². The highest BCUT2D eigenvalue weighted by Gasteiger charge is 2.13. The van der Waals surface area contributed by atoms with E-state index >= 15 is 0 Å². The molecule has 0 radical (unpaired) electrons. The lowest BCUT2D eigenvalue weighted by Gasteiger charge is -2.22. The van der Waals surface area contributed by atoms with Crippen LogP contribution < -0.4 is 10.9 Å². The monoisotopic (exact) mass is 250 g/mol. The molecule has 0 aliphatic carbocycles. The summed E-state index contributed by atoms with van der Waals surface area (Å²) in [5.74, 6) is 0. The third kappa shape index (κ3) is 4.69. The Bertz CT molecular complexity index is 392. The molecule has 18 heavy (non-hydrogen) atoms. The number of hydrogen-bond donors (Lipinski definition) is 3. The first-order chi connectivity index (χ1) is 8.67. The van der Waals surface area contributed by atoms with Gasteiger partial charge in [-0.3, -0.25) is 0 Å². The summed E-state index contributed by atoms with van der Waals surface area (Å²) in [5, 5.41) is 12.2. The lowest BCUT2D eigenvalue weighted by Crippen LogP contribution is -2.35. The van der Waals surface area contributed by atoms with Crippen LogP contribution in [-0.4, -0.2) is 24.3 Å². The summed E-state index contributed by atoms with van der Waals surface area (Å²) in [7, 11) is 0. The molecule has 0 amide bonds. The molecule has 0 aromatic heterocycles. The van der Waals surface area contributed by atoms with E-state index in [0.29, 0.717) is 17.7 Å². The number of rotatable bonds is 8. The van der Waals surface area contributed by atoms with E-state index in [4.69, 9.17) is 5.11 Å². The van der Waals surface area contributed by atoms with Crippen LogP contribution in [0.15, 0.2) is 54.8 Å². The highest BCUT2D eigenvalue weighted by Crippen LogP contribution is 2.10. The van der Waals surface area contributed by atoms with E-state index in [2.05, 4.69) is 18.5 Å². The van der Waals surface area contributed by atoms with Gasteiger partial charge >= 0.3 is 0 Å². The lowest BCUT2D eigenvalue weighted by molar-refractivity contribution is 0.316. The van der Waals surface area contributed by atoms with Gasteiger partial charge in [0.25, 0.3) is 0 Å². The van der Waals surface area contributed by atoms with Crippen LogP contribution in [0.1, 0.15) is 5.56 Å². The molecule has 0 heterocycles. The standard InChI is InChI=1S/C14H19FN2O/c1-11(10-18)14(17-12(2)9-16-15)8-13-6-4-3-5-7-13/h3-7,14,16-18H,1-2,8-10H2. The zero-order valence-electron chi connectivity index (χ0n) is 10.3. The van der Waals surface area contributed by atoms with Gasteiger partial charge in [0.15, 0.2) is 0 Å². The Hall–Kier alpha value is -1.65. The molecule has 1 aromatic carbocycles. The van der Waals surface area contributed by atoms with E-state index < -0.39 is 0 Å². The van der Waals surface area contributed by atoms with Crippen LogP contribution >= 0.6 is 0 Å². The smallest absolute Gasteiger partial charge is 0.0659 e. The van der Waals surface area contributed by atoms with Crippen LogP contribution in [0.25, 0.3) is 0 Å². The largest absolute Gasteiger partial charge is 0.392 e. The summed E-state index contributed by atoms with van der Waals surface area (Å²) in [6, 6.07) is 9.68. The molecule has 1 unspecified atom stereocenters. The first-order valence-corrected chi connectivity index (χ1v) is 5.77. The summed E-state index contributed by atoms with van der Waals surface area (Å²) in [6.45, 7) is 7.44. The molecule has 0 spiro atoms. The molecule has 0 fully saturated rings. The summed E-state index contributed by atoms with van der Waals surface area (Å²) >= 11 is 0. The van der Waals surface area contributed by atoms with Crippen molar-refractivity contribution in [1.82, 2.24) is 10.9 Å². The van der Waals surface area contributed by atoms with Crippen LogP contribution in [0.4, 0.5) is 4.48 Å². The Morgan fingerprint density at radius 3 is 2.50 bits per heavy atom. The highest BCUT2D eigenvalue weighted by atomic mass is 19.2. The second kappa shape index (κ2) is 7.63. The number of aliphatic hydroxyl groups excluding tert-OH is 1. The summed E-state index contributed by atoms with van der Waals surface area (Å²) in [6.07, 6.45) is 0.672. The molecule has 4 heteroatoms. The van der Waals surface area contributed by atoms with Crippen molar-refractivity contribution in [2.24, 2.45) is 0 Å². The van der Waals surface area contributed by atoms with E-state index in [-0.39, 0.29) is 19.2 Å². The van der Waals surface area contributed by atoms with Crippen molar-refractivity contribution in [2.45, 2.75) is 12.5 Å². The molecule has 1 aromatic rings. The first-order valence-electron chi connectivity index (χ1n) is 5.77. The third-order valence-electron chi connectivity index (χ3n) is 2.64. The predicted molar refractivity (Wildman–Crippen MR) is 71.5 cm³/mol. The minimum Gasteiger partial charge on any atom is -0.392 e. The third-order valence-corrected chi connectivity index (χ3v) is 2.64. The maximum Gasteiger partial charge on any atom is 0.0659 e. The van der Waals surface area contributed by atoms with Gasteiger partial charge in [0.2, 0.25) is 0 Å². The molecule has 3 nitrogen and oxygen atoms in total. The fourth-order valence-corrected chi connectivity index (χ4v) is 1.64. The van der Waals surface area contributed by atoms with Crippen molar-refractivity contribution in [3.05, 3.63) is 60.3 Å². The fourth-order valence-electron chi connectivity index (χ4n) is 1.64. The van der Waals surface area contributed by atoms with E-state index in [9.17, 15) is 4.48 Å². The summed E-state index contributed by atoms with van der Waals surface area (Å²) in [4.78, 5) is 0. The maximum atomic E-state index is 12.0. The molecule has 98 valence electrons. The van der Waals surface area contributed by atoms with Crippen molar-refractivity contribution >= 4 is 0 Å². The van der Waals surface area contributed by atoms with E-state index in [1.54, 1.807) is 0 Å². The van der Waals surface area contributed by atoms with Gasteiger partial charge < -0.3 is 10.4 Å². The van der Waals surface area contributed by atoms with Crippen molar-refractivity contribution in [1.29, 1.82) is 0 Å². The van der Waals surface area contributed by atoms with Gasteiger partial charge in [0.1, 0.15) is 0 Å². The molecule has 0 aliphatic heterocycles. The number of benzene rings is 1. The molecule has 0 bridgehead atoms. The van der Waals surface area contributed by atoms with Crippen molar-refractivity contribution in [3.8, 4) is 0 Å². The minimum absolute atomic E-state index is 0.0317. The zero-order valence-corrected chi connectivity index (χ0v) is 10.3. The van der Waals surface area contributed by atoms with Crippen molar-refractivity contribution in [3.63, 3.8) is 0 Å². The van der Waals surface area contributed by atoms with Gasteiger partial charge in [-0.25, -0.2) is 0 Å². The Morgan fingerprint density at radius 1 is 1.28 bits per heavy atom. The fraction of sp³-hybridized carbons (Fsp3) is 0.286. The molecule has 1 atom stereocenters. The minimum atomic E-state index is -0.154. The molecular formula is C14H19FN2O. The average molecular weight is 250 g/mol. The highest BCUT2D eigenvalue weighted by molar-refractivity contribution is 5.21. The summed E-state index contributed by atoms with van der Waals surface area (Å²) < 4.78 is 12.0. The SMILES string of the molecule is C=C(CNF)NC(Cc1ccccc1)C(=C)CO. The van der Waals surface area contributed by atoms with Gasteiger partial charge in [-0.15, -0.1) is 4.48 Å². The number of halogens is 1. The molecular weight excluding hydrogens is 231 g/mol. The molecule has 0 saturated heterocycles. The average Bonchev–Trinajstić information content (AvgIpc) is 2.38. The number of hydrogen-bond acceptors (Lipinski definition) is 3. The second-order valence-electron chi connectivity index (χ2n) is 4.12. The Morgan fingerprint density at radius 2 is 1.94 bits per heavy atom. The summed E-state index contributed by atoms with van der Waals surface area (Å²) in [5.41, 5.74) is 3.83. The zero-order chi connectivity index (χ0) is 13.4. The van der Waals surface area contributed by atoms with E-state index in [0.717, 1.165) is 5.56 Å². The van der Waals surface area contributed by atoms with Crippen LogP contribution in [0, 0.1) is 0 Å². The van der Waals surface area contributed by atoms with Crippen LogP contribution in [0.2, 0.25) is 0 Å². The second-order valence-corrected chi connectivity index (χ2v) is 4.12. The Balaban J connectivity index is 2.67. The Labute approximate surface area is 107 Å². The lowest BCUT2D eigenvalue weighted by atomic mass is 10.00. The Kier molecular flexibility index (Phi) is 6.11. The van der Waals surface area contributed by atoms with Gasteiger partial charge in [0.05, 0.1) is 19.2 Å². The number of aliphatic hydroxyl groups is 1. The normalized spacial score (nSPS) is 11.9. The van der Waals surface area contributed by atoms with E-state index in [1.807, 2.05) is 30.3 Å². The molecule has 0 aliphatic rings. The van der Waals surface area contributed by atoms with Crippen LogP contribution in [0.3, 0.4) is 0 Å². The van der Waals surface area contributed by atoms with Crippen molar-refractivity contribution < 1.29 is 9.59 Å². The molecule has 3 N–H and O–H groups in total. The molecule has 1 rings (SSSR count). The number of nitrogens with one attached hydrogen (secondary N) is 2. The van der Waals surface area contributed by atoms with Crippen molar-refractivity contribution in [2.75, 3.05) is 13.2 Å². The quantitative estimate of drug-likeness (QED) is 0.486. The predicted octanol–water partition coefficient (Wildman–Crippen LogP) is 1.72. The topological polar surface area (TPSA) is 44.3 Å². The van der Waals surface area contributed by atoms with Crippen LogP contribution in [0.5, 0.6) is 0 Å². The molecule has 0 saturated carbocycles. The maximum absolute atomic E-state index is 12.0.